The number of nitrogens with two attached hydrogens (primary N) is 1. The second-order valence-corrected chi connectivity index (χ2v) is 4.75. The highest BCUT2D eigenvalue weighted by Crippen LogP contribution is 2.23. The number of thiocarbonyl (C=S) groups is 1. The third-order valence-corrected chi connectivity index (χ3v) is 2.98. The predicted octanol–water partition coefficient (Wildman–Crippen LogP) is 3.42. The van der Waals surface area contributed by atoms with Crippen LogP contribution in [0.15, 0.2) is 36.5 Å². The molecule has 0 spiro atoms. The predicted molar refractivity (Wildman–Crippen MR) is 79.6 cm³/mol. The molecule has 5 heteroatoms. The number of pyridine rings is 1. The molecule has 1 aromatic carbocycles. The first-order valence-corrected chi connectivity index (χ1v) is 6.14. The number of anilines is 2. The Balaban J connectivity index is 2.31. The van der Waals surface area contributed by atoms with Gasteiger partial charge >= 0.3 is 0 Å². The number of nitrogens with zero attached hydrogens (tertiary/aromatic N) is 1. The lowest BCUT2D eigenvalue weighted by atomic mass is 10.2. The lowest BCUT2D eigenvalue weighted by molar-refractivity contribution is 1.29. The average Bonchev–Trinajstić information content (AvgIpc) is 2.34. The maximum absolute atomic E-state index is 5.96. The number of aromatic nitrogens is 1. The van der Waals surface area contributed by atoms with Crippen molar-refractivity contribution in [1.29, 1.82) is 0 Å². The summed E-state index contributed by atoms with van der Waals surface area (Å²) in [6.07, 6.45) is 1.66. The first-order chi connectivity index (χ1) is 8.56. The summed E-state index contributed by atoms with van der Waals surface area (Å²) < 4.78 is 0. The molecular formula is C13H12ClN3S. The molecule has 1 aromatic heterocycles. The van der Waals surface area contributed by atoms with E-state index < -0.39 is 0 Å². The van der Waals surface area contributed by atoms with Crippen molar-refractivity contribution in [2.24, 2.45) is 5.73 Å². The molecule has 3 N–H and O–H groups in total. The normalized spacial score (nSPS) is 10.1. The summed E-state index contributed by atoms with van der Waals surface area (Å²) in [5, 5.41) is 3.87. The SMILES string of the molecule is Cc1ccc(Cl)cc1Nc1cc(C(N)=S)ccn1. The van der Waals surface area contributed by atoms with Gasteiger partial charge in [0, 0.05) is 22.5 Å². The largest absolute Gasteiger partial charge is 0.389 e. The van der Waals surface area contributed by atoms with Gasteiger partial charge < -0.3 is 11.1 Å². The topological polar surface area (TPSA) is 50.9 Å². The van der Waals surface area contributed by atoms with Gasteiger partial charge in [-0.2, -0.15) is 0 Å². The molecule has 0 radical (unpaired) electrons. The monoisotopic (exact) mass is 277 g/mol. The Bertz CT molecular complexity index is 599. The van der Waals surface area contributed by atoms with Crippen LogP contribution in [0.3, 0.4) is 0 Å². The molecular weight excluding hydrogens is 266 g/mol. The van der Waals surface area contributed by atoms with E-state index in [9.17, 15) is 0 Å². The van der Waals surface area contributed by atoms with Crippen LogP contribution in [0, 0.1) is 6.92 Å². The minimum atomic E-state index is 0.350. The van der Waals surface area contributed by atoms with Gasteiger partial charge in [0.1, 0.15) is 10.8 Å². The molecule has 3 nitrogen and oxygen atoms in total. The van der Waals surface area contributed by atoms with E-state index in [1.54, 1.807) is 12.3 Å². The Morgan fingerprint density at radius 2 is 2.11 bits per heavy atom. The molecule has 1 heterocycles. The van der Waals surface area contributed by atoms with Gasteiger partial charge in [-0.15, -0.1) is 0 Å². The van der Waals surface area contributed by atoms with E-state index in [4.69, 9.17) is 29.6 Å². The Morgan fingerprint density at radius 3 is 2.83 bits per heavy atom. The summed E-state index contributed by atoms with van der Waals surface area (Å²) in [6, 6.07) is 9.23. The van der Waals surface area contributed by atoms with Crippen molar-refractivity contribution in [3.05, 3.63) is 52.7 Å². The fourth-order valence-corrected chi connectivity index (χ4v) is 1.82. The zero-order valence-corrected chi connectivity index (χ0v) is 11.3. The number of hydrogen-bond acceptors (Lipinski definition) is 3. The molecule has 0 fully saturated rings. The van der Waals surface area contributed by atoms with E-state index in [-0.39, 0.29) is 0 Å². The number of benzene rings is 1. The van der Waals surface area contributed by atoms with Gasteiger partial charge in [-0.25, -0.2) is 4.98 Å². The van der Waals surface area contributed by atoms with Crippen molar-refractivity contribution < 1.29 is 0 Å². The summed E-state index contributed by atoms with van der Waals surface area (Å²) in [7, 11) is 0. The zero-order chi connectivity index (χ0) is 13.1. The average molecular weight is 278 g/mol. The Labute approximate surface area is 116 Å². The maximum Gasteiger partial charge on any atom is 0.130 e. The summed E-state index contributed by atoms with van der Waals surface area (Å²) in [6.45, 7) is 2.00. The van der Waals surface area contributed by atoms with Crippen LogP contribution in [0.5, 0.6) is 0 Å². The Kier molecular flexibility index (Phi) is 3.79. The van der Waals surface area contributed by atoms with Crippen LogP contribution in [0.4, 0.5) is 11.5 Å². The summed E-state index contributed by atoms with van der Waals surface area (Å²) in [5.41, 5.74) is 8.36. The van der Waals surface area contributed by atoms with Crippen molar-refractivity contribution in [2.45, 2.75) is 6.92 Å². The number of aryl methyl sites for hydroxylation is 1. The van der Waals surface area contributed by atoms with E-state index in [0.717, 1.165) is 16.8 Å². The second-order valence-electron chi connectivity index (χ2n) is 3.88. The molecule has 0 atom stereocenters. The fraction of sp³-hybridized carbons (Fsp3) is 0.0769. The smallest absolute Gasteiger partial charge is 0.130 e. The van der Waals surface area contributed by atoms with Crippen LogP contribution in [-0.2, 0) is 0 Å². The highest BCUT2D eigenvalue weighted by Gasteiger charge is 2.03. The van der Waals surface area contributed by atoms with Crippen molar-refractivity contribution >= 4 is 40.3 Å². The number of halogens is 1. The molecule has 0 saturated carbocycles. The number of hydrogen-bond donors (Lipinski definition) is 2. The molecule has 0 amide bonds. The third-order valence-electron chi connectivity index (χ3n) is 2.51. The van der Waals surface area contributed by atoms with Crippen molar-refractivity contribution in [3.63, 3.8) is 0 Å². The minimum absolute atomic E-state index is 0.350. The van der Waals surface area contributed by atoms with Gasteiger partial charge in [0.25, 0.3) is 0 Å². The third kappa shape index (κ3) is 2.97. The van der Waals surface area contributed by atoms with Gasteiger partial charge in [0.15, 0.2) is 0 Å². The number of nitrogens with one attached hydrogen (secondary N) is 1. The maximum atomic E-state index is 5.96. The van der Waals surface area contributed by atoms with E-state index >= 15 is 0 Å². The molecule has 0 unspecified atom stereocenters. The van der Waals surface area contributed by atoms with Crippen LogP contribution in [-0.4, -0.2) is 9.97 Å². The molecule has 0 saturated heterocycles. The van der Waals surface area contributed by atoms with Crippen LogP contribution >= 0.6 is 23.8 Å². The van der Waals surface area contributed by atoms with Gasteiger partial charge in [0.05, 0.1) is 0 Å². The first-order valence-electron chi connectivity index (χ1n) is 5.35. The first kappa shape index (κ1) is 12.8. The number of rotatable bonds is 3. The van der Waals surface area contributed by atoms with Crippen LogP contribution in [0.25, 0.3) is 0 Å². The van der Waals surface area contributed by atoms with E-state index in [0.29, 0.717) is 15.8 Å². The van der Waals surface area contributed by atoms with Gasteiger partial charge in [-0.3, -0.25) is 0 Å². The Hall–Kier alpha value is -1.65. The molecule has 0 aliphatic heterocycles. The molecule has 0 aliphatic carbocycles. The summed E-state index contributed by atoms with van der Waals surface area (Å²) in [5.74, 6) is 0.686. The van der Waals surface area contributed by atoms with Gasteiger partial charge in [-0.05, 0) is 36.8 Å². The summed E-state index contributed by atoms with van der Waals surface area (Å²) >= 11 is 10.9. The van der Waals surface area contributed by atoms with Crippen molar-refractivity contribution in [3.8, 4) is 0 Å². The van der Waals surface area contributed by atoms with E-state index in [1.165, 1.54) is 0 Å². The standard InChI is InChI=1S/C13H12ClN3S/c1-8-2-3-10(14)7-11(8)17-12-6-9(13(15)18)4-5-16-12/h2-7H,1H3,(H2,15,18)(H,16,17). The fourth-order valence-electron chi connectivity index (χ4n) is 1.52. The molecule has 18 heavy (non-hydrogen) atoms. The lowest BCUT2D eigenvalue weighted by Gasteiger charge is -2.10. The van der Waals surface area contributed by atoms with Crippen LogP contribution in [0.1, 0.15) is 11.1 Å². The highest BCUT2D eigenvalue weighted by molar-refractivity contribution is 7.80. The zero-order valence-electron chi connectivity index (χ0n) is 9.77. The lowest BCUT2D eigenvalue weighted by Crippen LogP contribution is -2.10. The van der Waals surface area contributed by atoms with Crippen molar-refractivity contribution in [2.75, 3.05) is 5.32 Å². The van der Waals surface area contributed by atoms with E-state index in [1.807, 2.05) is 31.2 Å². The molecule has 2 aromatic rings. The van der Waals surface area contributed by atoms with Gasteiger partial charge in [-0.1, -0.05) is 29.9 Å². The van der Waals surface area contributed by atoms with Gasteiger partial charge in [0.2, 0.25) is 0 Å². The minimum Gasteiger partial charge on any atom is -0.389 e. The molecule has 2 rings (SSSR count). The van der Waals surface area contributed by atoms with Crippen LogP contribution < -0.4 is 11.1 Å². The molecule has 92 valence electrons. The Morgan fingerprint density at radius 1 is 1.33 bits per heavy atom. The second kappa shape index (κ2) is 5.33. The molecule has 0 aliphatic rings. The highest BCUT2D eigenvalue weighted by atomic mass is 35.5. The molecule has 0 bridgehead atoms. The van der Waals surface area contributed by atoms with E-state index in [2.05, 4.69) is 10.3 Å². The van der Waals surface area contributed by atoms with Crippen LogP contribution in [0.2, 0.25) is 5.02 Å². The summed E-state index contributed by atoms with van der Waals surface area (Å²) in [4.78, 5) is 4.57. The van der Waals surface area contributed by atoms with Crippen molar-refractivity contribution in [1.82, 2.24) is 4.98 Å². The quantitative estimate of drug-likeness (QED) is 0.844.